The van der Waals surface area contributed by atoms with Crippen molar-refractivity contribution in [2.45, 2.75) is 6.42 Å². The van der Waals surface area contributed by atoms with Crippen LogP contribution in [0, 0.1) is 0 Å². The molecule has 2 rings (SSSR count). The monoisotopic (exact) mass is 357 g/mol. The van der Waals surface area contributed by atoms with Gasteiger partial charge in [-0.05, 0) is 42.8 Å². The number of carbonyl (C=O) groups excluding carboxylic acids is 1. The Bertz CT molecular complexity index is 644. The van der Waals surface area contributed by atoms with Gasteiger partial charge in [0, 0.05) is 23.2 Å². The largest absolute Gasteiger partial charge is 0.493 e. The molecule has 0 heterocycles. The summed E-state index contributed by atoms with van der Waals surface area (Å²) >= 11 is 17.5. The van der Waals surface area contributed by atoms with E-state index in [0.717, 1.165) is 0 Å². The molecule has 0 fully saturated rings. The summed E-state index contributed by atoms with van der Waals surface area (Å²) in [4.78, 5) is 11.8. The number of benzene rings is 2. The number of ether oxygens (including phenoxy) is 1. The van der Waals surface area contributed by atoms with Crippen LogP contribution in [0.25, 0.3) is 0 Å². The van der Waals surface area contributed by atoms with E-state index in [4.69, 9.17) is 39.5 Å². The van der Waals surface area contributed by atoms with Gasteiger partial charge in [0.05, 0.1) is 16.7 Å². The molecule has 0 saturated carbocycles. The van der Waals surface area contributed by atoms with Crippen molar-refractivity contribution in [3.63, 3.8) is 0 Å². The molecule has 0 aliphatic heterocycles. The highest BCUT2D eigenvalue weighted by atomic mass is 35.5. The molecular formula is C16H14Cl3NO2. The normalized spacial score (nSPS) is 10.3. The minimum absolute atomic E-state index is 0.133. The molecule has 0 unspecified atom stereocenters. The Hall–Kier alpha value is -1.42. The second-order valence-corrected chi connectivity index (χ2v) is 5.79. The van der Waals surface area contributed by atoms with Crippen molar-refractivity contribution in [3.8, 4) is 5.75 Å². The van der Waals surface area contributed by atoms with E-state index in [-0.39, 0.29) is 5.91 Å². The summed E-state index contributed by atoms with van der Waals surface area (Å²) in [5.41, 5.74) is 0.579. The maximum atomic E-state index is 11.8. The van der Waals surface area contributed by atoms with Gasteiger partial charge in [0.2, 0.25) is 0 Å². The average molecular weight is 359 g/mol. The van der Waals surface area contributed by atoms with Crippen LogP contribution in [-0.4, -0.2) is 19.1 Å². The third-order valence-electron chi connectivity index (χ3n) is 2.87. The molecule has 3 nitrogen and oxygen atoms in total. The molecule has 1 N–H and O–H groups in total. The van der Waals surface area contributed by atoms with Gasteiger partial charge in [-0.3, -0.25) is 4.79 Å². The Labute approximate surface area is 144 Å². The molecule has 116 valence electrons. The van der Waals surface area contributed by atoms with Crippen molar-refractivity contribution in [2.75, 3.05) is 13.2 Å². The number of nitrogens with one attached hydrogen (secondary N) is 1. The Morgan fingerprint density at radius 3 is 2.41 bits per heavy atom. The maximum absolute atomic E-state index is 11.8. The molecule has 0 saturated heterocycles. The van der Waals surface area contributed by atoms with Gasteiger partial charge in [-0.1, -0.05) is 34.8 Å². The van der Waals surface area contributed by atoms with Gasteiger partial charge in [0.1, 0.15) is 5.75 Å². The Balaban J connectivity index is 1.69. The van der Waals surface area contributed by atoms with E-state index in [1.54, 1.807) is 42.5 Å². The van der Waals surface area contributed by atoms with Gasteiger partial charge >= 0.3 is 0 Å². The Morgan fingerprint density at radius 2 is 1.73 bits per heavy atom. The quantitative estimate of drug-likeness (QED) is 0.750. The van der Waals surface area contributed by atoms with E-state index in [9.17, 15) is 4.79 Å². The lowest BCUT2D eigenvalue weighted by Crippen LogP contribution is -2.25. The molecule has 0 aliphatic rings. The molecular weight excluding hydrogens is 345 g/mol. The zero-order valence-corrected chi connectivity index (χ0v) is 13.9. The summed E-state index contributed by atoms with van der Waals surface area (Å²) in [6, 6.07) is 11.8. The van der Waals surface area contributed by atoms with Gasteiger partial charge in [0.25, 0.3) is 5.91 Å². The van der Waals surface area contributed by atoms with E-state index >= 15 is 0 Å². The minimum atomic E-state index is -0.133. The number of amides is 1. The van der Waals surface area contributed by atoms with Gasteiger partial charge < -0.3 is 10.1 Å². The van der Waals surface area contributed by atoms with Gasteiger partial charge in [0.15, 0.2) is 0 Å². The molecule has 0 bridgehead atoms. The Kier molecular flexibility index (Phi) is 6.37. The first-order valence-corrected chi connectivity index (χ1v) is 7.81. The van der Waals surface area contributed by atoms with E-state index in [0.29, 0.717) is 46.0 Å². The lowest BCUT2D eigenvalue weighted by molar-refractivity contribution is 0.0951. The first kappa shape index (κ1) is 16.9. The zero-order valence-electron chi connectivity index (χ0n) is 11.6. The fourth-order valence-corrected chi connectivity index (χ4v) is 2.15. The van der Waals surface area contributed by atoms with Crippen molar-refractivity contribution >= 4 is 40.7 Å². The lowest BCUT2D eigenvalue weighted by atomic mass is 10.2. The maximum Gasteiger partial charge on any atom is 0.251 e. The van der Waals surface area contributed by atoms with Crippen molar-refractivity contribution < 1.29 is 9.53 Å². The van der Waals surface area contributed by atoms with Crippen LogP contribution in [0.3, 0.4) is 0 Å². The molecule has 0 atom stereocenters. The molecule has 2 aromatic rings. The molecule has 0 aromatic heterocycles. The van der Waals surface area contributed by atoms with Crippen LogP contribution in [0.1, 0.15) is 16.8 Å². The number of hydrogen-bond acceptors (Lipinski definition) is 2. The number of hydrogen-bond donors (Lipinski definition) is 1. The third kappa shape index (κ3) is 5.09. The molecule has 0 aliphatic carbocycles. The second kappa shape index (κ2) is 8.28. The highest BCUT2D eigenvalue weighted by Gasteiger charge is 2.04. The van der Waals surface area contributed by atoms with Crippen LogP contribution in [0.5, 0.6) is 5.75 Å². The fraction of sp³-hybridized carbons (Fsp3) is 0.188. The number of carbonyl (C=O) groups is 1. The first-order valence-electron chi connectivity index (χ1n) is 6.68. The highest BCUT2D eigenvalue weighted by Crippen LogP contribution is 2.26. The van der Waals surface area contributed by atoms with Crippen LogP contribution in [-0.2, 0) is 0 Å². The smallest absolute Gasteiger partial charge is 0.251 e. The zero-order chi connectivity index (χ0) is 15.9. The predicted molar refractivity (Wildman–Crippen MR) is 90.4 cm³/mol. The van der Waals surface area contributed by atoms with Crippen LogP contribution < -0.4 is 10.1 Å². The second-order valence-electron chi connectivity index (χ2n) is 4.54. The van der Waals surface area contributed by atoms with Crippen LogP contribution in [0.2, 0.25) is 15.1 Å². The molecule has 1 amide bonds. The van der Waals surface area contributed by atoms with Crippen molar-refractivity contribution in [3.05, 3.63) is 63.1 Å². The summed E-state index contributed by atoms with van der Waals surface area (Å²) in [6.45, 7) is 0.988. The van der Waals surface area contributed by atoms with Crippen LogP contribution >= 0.6 is 34.8 Å². The van der Waals surface area contributed by atoms with E-state index in [1.807, 2.05) is 0 Å². The standard InChI is InChI=1S/C16H14Cl3NO2/c17-12-4-2-11(3-5-12)16(21)20-8-1-9-22-13-6-7-14(18)15(19)10-13/h2-7,10H,1,8-9H2,(H,20,21). The summed E-state index contributed by atoms with van der Waals surface area (Å²) < 4.78 is 5.53. The summed E-state index contributed by atoms with van der Waals surface area (Å²) in [7, 11) is 0. The van der Waals surface area contributed by atoms with E-state index in [1.165, 1.54) is 0 Å². The lowest BCUT2D eigenvalue weighted by Gasteiger charge is -2.08. The average Bonchev–Trinajstić information content (AvgIpc) is 2.51. The summed E-state index contributed by atoms with van der Waals surface area (Å²) in [5.74, 6) is 0.518. The van der Waals surface area contributed by atoms with Crippen molar-refractivity contribution in [2.24, 2.45) is 0 Å². The van der Waals surface area contributed by atoms with Gasteiger partial charge in [-0.25, -0.2) is 0 Å². The third-order valence-corrected chi connectivity index (χ3v) is 3.86. The van der Waals surface area contributed by atoms with Crippen LogP contribution in [0.4, 0.5) is 0 Å². The molecule has 0 spiro atoms. The van der Waals surface area contributed by atoms with Crippen LogP contribution in [0.15, 0.2) is 42.5 Å². The highest BCUT2D eigenvalue weighted by molar-refractivity contribution is 6.42. The minimum Gasteiger partial charge on any atom is -0.493 e. The van der Waals surface area contributed by atoms with E-state index in [2.05, 4.69) is 5.32 Å². The predicted octanol–water partition coefficient (Wildman–Crippen LogP) is 4.85. The van der Waals surface area contributed by atoms with E-state index < -0.39 is 0 Å². The summed E-state index contributed by atoms with van der Waals surface area (Å²) in [6.07, 6.45) is 0.680. The molecule has 6 heteroatoms. The summed E-state index contributed by atoms with van der Waals surface area (Å²) in [5, 5.41) is 4.36. The first-order chi connectivity index (χ1) is 10.6. The Morgan fingerprint density at radius 1 is 1.00 bits per heavy atom. The molecule has 22 heavy (non-hydrogen) atoms. The SMILES string of the molecule is O=C(NCCCOc1ccc(Cl)c(Cl)c1)c1ccc(Cl)cc1. The van der Waals surface area contributed by atoms with Gasteiger partial charge in [-0.15, -0.1) is 0 Å². The molecule has 0 radical (unpaired) electrons. The van der Waals surface area contributed by atoms with Gasteiger partial charge in [-0.2, -0.15) is 0 Å². The topological polar surface area (TPSA) is 38.3 Å². The molecule has 2 aromatic carbocycles. The van der Waals surface area contributed by atoms with Crippen molar-refractivity contribution in [1.29, 1.82) is 0 Å². The number of halogens is 3. The number of rotatable bonds is 6. The fourth-order valence-electron chi connectivity index (χ4n) is 1.73. The van der Waals surface area contributed by atoms with Crippen molar-refractivity contribution in [1.82, 2.24) is 5.32 Å².